The molecule has 0 unspecified atom stereocenters. The van der Waals surface area contributed by atoms with Crippen molar-refractivity contribution in [2.24, 2.45) is 0 Å². The van der Waals surface area contributed by atoms with Gasteiger partial charge in [-0.2, -0.15) is 0 Å². The van der Waals surface area contributed by atoms with Gasteiger partial charge in [-0.3, -0.25) is 4.40 Å². The molecular formula is C15H10N2S. The Bertz CT molecular complexity index is 813. The van der Waals surface area contributed by atoms with E-state index in [9.17, 15) is 0 Å². The number of fused-ring (bicyclic) bond motifs is 2. The lowest BCUT2D eigenvalue weighted by Crippen LogP contribution is -1.76. The van der Waals surface area contributed by atoms with Crippen LogP contribution in [0.2, 0.25) is 0 Å². The molecule has 0 fully saturated rings. The molecule has 4 aromatic rings. The lowest BCUT2D eigenvalue weighted by molar-refractivity contribution is 1.23. The van der Waals surface area contributed by atoms with Crippen LogP contribution in [0.15, 0.2) is 61.1 Å². The van der Waals surface area contributed by atoms with E-state index in [0.29, 0.717) is 0 Å². The van der Waals surface area contributed by atoms with Crippen LogP contribution in [0, 0.1) is 0 Å². The number of benzene rings is 2. The van der Waals surface area contributed by atoms with Crippen molar-refractivity contribution >= 4 is 27.1 Å². The van der Waals surface area contributed by atoms with E-state index in [0.717, 1.165) is 4.96 Å². The zero-order valence-corrected chi connectivity index (χ0v) is 10.4. The van der Waals surface area contributed by atoms with Crippen LogP contribution in [0.1, 0.15) is 0 Å². The summed E-state index contributed by atoms with van der Waals surface area (Å²) in [5.74, 6) is 0. The van der Waals surface area contributed by atoms with Gasteiger partial charge in [0.15, 0.2) is 4.96 Å². The van der Waals surface area contributed by atoms with E-state index in [4.69, 9.17) is 0 Å². The van der Waals surface area contributed by atoms with Crippen LogP contribution in [-0.4, -0.2) is 9.38 Å². The van der Waals surface area contributed by atoms with Crippen molar-refractivity contribution in [3.05, 3.63) is 61.1 Å². The predicted molar refractivity (Wildman–Crippen MR) is 76.0 cm³/mol. The standard InChI is InChI=1S/C15H10N2S/c1-2-4-12-9-13(6-5-11(12)3-1)14-10-17-8-7-16-15(17)18-14/h1-10H. The van der Waals surface area contributed by atoms with E-state index in [1.54, 1.807) is 11.3 Å². The van der Waals surface area contributed by atoms with E-state index in [1.165, 1.54) is 21.2 Å². The third-order valence-electron chi connectivity index (χ3n) is 3.12. The summed E-state index contributed by atoms with van der Waals surface area (Å²) in [4.78, 5) is 6.60. The van der Waals surface area contributed by atoms with E-state index in [-0.39, 0.29) is 0 Å². The summed E-state index contributed by atoms with van der Waals surface area (Å²) < 4.78 is 2.06. The van der Waals surface area contributed by atoms with Crippen LogP contribution in [0.25, 0.3) is 26.2 Å². The first-order valence-corrected chi connectivity index (χ1v) is 6.63. The van der Waals surface area contributed by atoms with Gasteiger partial charge in [0.1, 0.15) is 0 Å². The molecule has 0 saturated carbocycles. The number of imidazole rings is 1. The summed E-state index contributed by atoms with van der Waals surface area (Å²) in [5.41, 5.74) is 1.25. The highest BCUT2D eigenvalue weighted by Crippen LogP contribution is 2.30. The van der Waals surface area contributed by atoms with Crippen molar-refractivity contribution in [3.63, 3.8) is 0 Å². The summed E-state index contributed by atoms with van der Waals surface area (Å²) >= 11 is 1.72. The average Bonchev–Trinajstić information content (AvgIpc) is 2.99. The summed E-state index contributed by atoms with van der Waals surface area (Å²) in [6.07, 6.45) is 5.95. The van der Waals surface area contributed by atoms with Gasteiger partial charge in [-0.1, -0.05) is 47.7 Å². The van der Waals surface area contributed by atoms with Crippen LogP contribution < -0.4 is 0 Å². The molecule has 0 amide bonds. The van der Waals surface area contributed by atoms with Gasteiger partial charge < -0.3 is 0 Å². The van der Waals surface area contributed by atoms with E-state index < -0.39 is 0 Å². The summed E-state index contributed by atoms with van der Waals surface area (Å²) in [6.45, 7) is 0. The quantitative estimate of drug-likeness (QED) is 0.494. The minimum atomic E-state index is 1.04. The summed E-state index contributed by atoms with van der Waals surface area (Å²) in [6, 6.07) is 15.0. The van der Waals surface area contributed by atoms with Gasteiger partial charge >= 0.3 is 0 Å². The molecule has 4 rings (SSSR count). The minimum absolute atomic E-state index is 1.04. The Morgan fingerprint density at radius 3 is 2.78 bits per heavy atom. The third kappa shape index (κ3) is 1.45. The van der Waals surface area contributed by atoms with Gasteiger partial charge in [0.05, 0.1) is 4.88 Å². The molecule has 2 aromatic heterocycles. The molecule has 0 atom stereocenters. The van der Waals surface area contributed by atoms with Crippen LogP contribution in [0.3, 0.4) is 0 Å². The van der Waals surface area contributed by atoms with Gasteiger partial charge in [0.2, 0.25) is 0 Å². The molecule has 2 heterocycles. The maximum atomic E-state index is 4.31. The fraction of sp³-hybridized carbons (Fsp3) is 0. The lowest BCUT2D eigenvalue weighted by atomic mass is 10.1. The van der Waals surface area contributed by atoms with Crippen LogP contribution in [0.4, 0.5) is 0 Å². The SMILES string of the molecule is c1ccc2cc(-c3cn4ccnc4s3)ccc2c1. The van der Waals surface area contributed by atoms with Crippen molar-refractivity contribution in [3.8, 4) is 10.4 Å². The number of rotatable bonds is 1. The Labute approximate surface area is 108 Å². The van der Waals surface area contributed by atoms with Crippen LogP contribution in [-0.2, 0) is 0 Å². The Morgan fingerprint density at radius 1 is 1.00 bits per heavy atom. The van der Waals surface area contributed by atoms with E-state index >= 15 is 0 Å². The molecule has 2 nitrogen and oxygen atoms in total. The number of thiazole rings is 1. The lowest BCUT2D eigenvalue weighted by Gasteiger charge is -2.00. The maximum absolute atomic E-state index is 4.31. The van der Waals surface area contributed by atoms with Crippen molar-refractivity contribution < 1.29 is 0 Å². The molecule has 3 heteroatoms. The molecule has 86 valence electrons. The average molecular weight is 250 g/mol. The molecule has 0 spiro atoms. The third-order valence-corrected chi connectivity index (χ3v) is 4.18. The first-order chi connectivity index (χ1) is 8.90. The zero-order valence-electron chi connectivity index (χ0n) is 9.58. The summed E-state index contributed by atoms with van der Waals surface area (Å²) in [5, 5.41) is 2.56. The second-order valence-corrected chi connectivity index (χ2v) is 5.28. The number of nitrogens with zero attached hydrogens (tertiary/aromatic N) is 2. The van der Waals surface area contributed by atoms with Crippen molar-refractivity contribution in [1.29, 1.82) is 0 Å². The van der Waals surface area contributed by atoms with Gasteiger partial charge in [-0.25, -0.2) is 4.98 Å². The van der Waals surface area contributed by atoms with E-state index in [2.05, 4.69) is 58.0 Å². The maximum Gasteiger partial charge on any atom is 0.194 e. The molecule has 2 aromatic carbocycles. The number of hydrogen-bond acceptors (Lipinski definition) is 2. The molecular weight excluding hydrogens is 240 g/mol. The Balaban J connectivity index is 1.93. The van der Waals surface area contributed by atoms with Gasteiger partial charge in [-0.05, 0) is 22.4 Å². The molecule has 0 aliphatic heterocycles. The molecule has 0 aliphatic rings. The Hall–Kier alpha value is -2.13. The zero-order chi connectivity index (χ0) is 11.9. The topological polar surface area (TPSA) is 17.3 Å². The number of hydrogen-bond donors (Lipinski definition) is 0. The molecule has 18 heavy (non-hydrogen) atoms. The van der Waals surface area contributed by atoms with Crippen molar-refractivity contribution in [2.45, 2.75) is 0 Å². The minimum Gasteiger partial charge on any atom is -0.297 e. The molecule has 0 radical (unpaired) electrons. The largest absolute Gasteiger partial charge is 0.297 e. The van der Waals surface area contributed by atoms with E-state index in [1.807, 2.05) is 12.4 Å². The highest BCUT2D eigenvalue weighted by molar-refractivity contribution is 7.20. The summed E-state index contributed by atoms with van der Waals surface area (Å²) in [7, 11) is 0. The predicted octanol–water partition coefficient (Wildman–Crippen LogP) is 4.22. The molecule has 0 N–H and O–H groups in total. The first kappa shape index (κ1) is 9.85. The van der Waals surface area contributed by atoms with Crippen molar-refractivity contribution in [2.75, 3.05) is 0 Å². The highest BCUT2D eigenvalue weighted by Gasteiger charge is 2.05. The highest BCUT2D eigenvalue weighted by atomic mass is 32.1. The fourth-order valence-electron chi connectivity index (χ4n) is 2.20. The Morgan fingerprint density at radius 2 is 1.89 bits per heavy atom. The second kappa shape index (κ2) is 3.68. The smallest absolute Gasteiger partial charge is 0.194 e. The number of aromatic nitrogens is 2. The van der Waals surface area contributed by atoms with Crippen LogP contribution in [0.5, 0.6) is 0 Å². The first-order valence-electron chi connectivity index (χ1n) is 5.82. The molecule has 0 bridgehead atoms. The second-order valence-electron chi connectivity index (χ2n) is 4.27. The Kier molecular flexibility index (Phi) is 2.02. The van der Waals surface area contributed by atoms with Crippen molar-refractivity contribution in [1.82, 2.24) is 9.38 Å². The molecule has 0 saturated heterocycles. The van der Waals surface area contributed by atoms with Crippen LogP contribution >= 0.6 is 11.3 Å². The monoisotopic (exact) mass is 250 g/mol. The normalized spacial score (nSPS) is 11.3. The van der Waals surface area contributed by atoms with Gasteiger partial charge in [0.25, 0.3) is 0 Å². The van der Waals surface area contributed by atoms with Gasteiger partial charge in [0, 0.05) is 18.6 Å². The molecule has 0 aliphatic carbocycles. The fourth-order valence-corrected chi connectivity index (χ4v) is 3.14. The van der Waals surface area contributed by atoms with Gasteiger partial charge in [-0.15, -0.1) is 0 Å².